The fourth-order valence-electron chi connectivity index (χ4n) is 1.75. The lowest BCUT2D eigenvalue weighted by Crippen LogP contribution is -2.22. The number of carbonyl (C=O) groups is 1. The molecule has 3 N–H and O–H groups in total. The van der Waals surface area contributed by atoms with Crippen molar-refractivity contribution in [3.8, 4) is 11.8 Å². The lowest BCUT2D eigenvalue weighted by molar-refractivity contribution is 0.0951. The Morgan fingerprint density at radius 1 is 1.38 bits per heavy atom. The Bertz CT molecular complexity index is 713. The van der Waals surface area contributed by atoms with E-state index in [1.165, 1.54) is 17.0 Å². The molecule has 0 radical (unpaired) electrons. The summed E-state index contributed by atoms with van der Waals surface area (Å²) >= 11 is 1.62. The zero-order valence-corrected chi connectivity index (χ0v) is 12.4. The normalized spacial score (nSPS) is 9.86. The van der Waals surface area contributed by atoms with Crippen molar-refractivity contribution in [2.24, 2.45) is 5.73 Å². The number of benzene rings is 1. The maximum absolute atomic E-state index is 13.8. The van der Waals surface area contributed by atoms with E-state index in [9.17, 15) is 9.18 Å². The number of hydrogen-bond acceptors (Lipinski definition) is 3. The molecule has 0 saturated carbocycles. The van der Waals surface area contributed by atoms with Gasteiger partial charge in [0, 0.05) is 15.3 Å². The van der Waals surface area contributed by atoms with Gasteiger partial charge in [0.05, 0.1) is 18.7 Å². The molecule has 0 fully saturated rings. The second kappa shape index (κ2) is 7.02. The van der Waals surface area contributed by atoms with E-state index in [0.717, 1.165) is 4.88 Å². The van der Waals surface area contributed by atoms with Crippen molar-refractivity contribution < 1.29 is 9.18 Å². The van der Waals surface area contributed by atoms with Crippen molar-refractivity contribution in [1.29, 1.82) is 0 Å². The van der Waals surface area contributed by atoms with Gasteiger partial charge in [0.15, 0.2) is 0 Å². The summed E-state index contributed by atoms with van der Waals surface area (Å²) in [7, 11) is 0. The molecule has 1 amide bonds. The Balaban J connectivity index is 2.04. The molecule has 0 spiro atoms. The van der Waals surface area contributed by atoms with E-state index in [-0.39, 0.29) is 23.6 Å². The van der Waals surface area contributed by atoms with Gasteiger partial charge in [-0.2, -0.15) is 0 Å². The average Bonchev–Trinajstić information content (AvgIpc) is 2.89. The van der Waals surface area contributed by atoms with Crippen LogP contribution in [0.5, 0.6) is 0 Å². The fourth-order valence-corrected chi connectivity index (χ4v) is 2.58. The second-order valence-electron chi connectivity index (χ2n) is 4.40. The van der Waals surface area contributed by atoms with Crippen LogP contribution in [0.2, 0.25) is 0 Å². The first-order valence-corrected chi connectivity index (χ1v) is 7.24. The smallest absolute Gasteiger partial charge is 0.251 e. The zero-order chi connectivity index (χ0) is 15.2. The molecule has 0 aliphatic carbocycles. The van der Waals surface area contributed by atoms with Gasteiger partial charge < -0.3 is 11.1 Å². The van der Waals surface area contributed by atoms with Gasteiger partial charge in [-0.3, -0.25) is 4.79 Å². The van der Waals surface area contributed by atoms with Crippen LogP contribution in [0, 0.1) is 24.6 Å². The molecule has 2 aromatic rings. The van der Waals surface area contributed by atoms with Gasteiger partial charge in [0.2, 0.25) is 0 Å². The highest BCUT2D eigenvalue weighted by molar-refractivity contribution is 7.11. The summed E-state index contributed by atoms with van der Waals surface area (Å²) in [5, 5.41) is 2.77. The second-order valence-corrected chi connectivity index (χ2v) is 5.77. The Labute approximate surface area is 127 Å². The van der Waals surface area contributed by atoms with Gasteiger partial charge in [-0.15, -0.1) is 11.3 Å². The first-order chi connectivity index (χ1) is 10.1. The number of amides is 1. The Hall–Kier alpha value is -2.16. The molecule has 108 valence electrons. The highest BCUT2D eigenvalue weighted by Gasteiger charge is 2.09. The number of nitrogens with two attached hydrogens (primary N) is 1. The van der Waals surface area contributed by atoms with Gasteiger partial charge in [0.1, 0.15) is 5.82 Å². The van der Waals surface area contributed by atoms with Crippen LogP contribution in [0.1, 0.15) is 25.7 Å². The van der Waals surface area contributed by atoms with E-state index in [0.29, 0.717) is 6.54 Å². The van der Waals surface area contributed by atoms with E-state index in [1.807, 2.05) is 19.1 Å². The highest BCUT2D eigenvalue weighted by Crippen LogP contribution is 2.15. The molecule has 1 heterocycles. The number of aryl methyl sites for hydroxylation is 1. The minimum absolute atomic E-state index is 0.169. The Kier molecular flexibility index (Phi) is 5.09. The lowest BCUT2D eigenvalue weighted by atomic mass is 10.1. The van der Waals surface area contributed by atoms with E-state index in [1.54, 1.807) is 17.4 Å². The first-order valence-electron chi connectivity index (χ1n) is 6.42. The molecule has 5 heteroatoms. The number of thiophene rings is 1. The molecule has 1 aromatic carbocycles. The van der Waals surface area contributed by atoms with Crippen molar-refractivity contribution in [3.05, 3.63) is 57.0 Å². The van der Waals surface area contributed by atoms with Crippen LogP contribution in [-0.2, 0) is 6.54 Å². The minimum Gasteiger partial charge on any atom is -0.347 e. The average molecular weight is 302 g/mol. The maximum atomic E-state index is 13.8. The molecule has 0 bridgehead atoms. The third kappa shape index (κ3) is 4.15. The zero-order valence-electron chi connectivity index (χ0n) is 11.6. The van der Waals surface area contributed by atoms with Crippen molar-refractivity contribution >= 4 is 17.2 Å². The van der Waals surface area contributed by atoms with Crippen LogP contribution in [-0.4, -0.2) is 12.5 Å². The van der Waals surface area contributed by atoms with Crippen LogP contribution in [0.3, 0.4) is 0 Å². The third-order valence-electron chi connectivity index (χ3n) is 2.78. The number of halogens is 1. The van der Waals surface area contributed by atoms with Crippen LogP contribution in [0.15, 0.2) is 30.3 Å². The maximum Gasteiger partial charge on any atom is 0.251 e. The number of nitrogens with one attached hydrogen (secondary N) is 1. The van der Waals surface area contributed by atoms with E-state index in [2.05, 4.69) is 17.2 Å². The monoisotopic (exact) mass is 302 g/mol. The Morgan fingerprint density at radius 3 is 2.81 bits per heavy atom. The van der Waals surface area contributed by atoms with Gasteiger partial charge in [-0.05, 0) is 37.3 Å². The van der Waals surface area contributed by atoms with Crippen LogP contribution in [0.25, 0.3) is 0 Å². The van der Waals surface area contributed by atoms with Crippen molar-refractivity contribution in [2.75, 3.05) is 6.54 Å². The van der Waals surface area contributed by atoms with E-state index in [4.69, 9.17) is 5.73 Å². The standard InChI is InChI=1S/C16H15FN2OS/c1-11-4-7-14(21-11)10-19-16(20)13-6-5-12(3-2-8-18)15(17)9-13/h4-7,9H,8,10,18H2,1H3,(H,19,20). The molecule has 0 aliphatic heterocycles. The van der Waals surface area contributed by atoms with Crippen LogP contribution >= 0.6 is 11.3 Å². The van der Waals surface area contributed by atoms with Crippen molar-refractivity contribution in [1.82, 2.24) is 5.32 Å². The molecule has 0 atom stereocenters. The predicted molar refractivity (Wildman–Crippen MR) is 82.6 cm³/mol. The molecule has 0 unspecified atom stereocenters. The van der Waals surface area contributed by atoms with E-state index >= 15 is 0 Å². The molecular formula is C16H15FN2OS. The van der Waals surface area contributed by atoms with Gasteiger partial charge in [-0.1, -0.05) is 11.8 Å². The lowest BCUT2D eigenvalue weighted by Gasteiger charge is -2.04. The summed E-state index contributed by atoms with van der Waals surface area (Å²) in [4.78, 5) is 14.2. The summed E-state index contributed by atoms with van der Waals surface area (Å²) in [6, 6.07) is 8.19. The third-order valence-corrected chi connectivity index (χ3v) is 3.78. The van der Waals surface area contributed by atoms with Crippen LogP contribution < -0.4 is 11.1 Å². The number of hydrogen-bond donors (Lipinski definition) is 2. The predicted octanol–water partition coefficient (Wildman–Crippen LogP) is 2.44. The summed E-state index contributed by atoms with van der Waals surface area (Å²) in [5.41, 5.74) is 5.76. The summed E-state index contributed by atoms with van der Waals surface area (Å²) in [5.74, 6) is 4.38. The topological polar surface area (TPSA) is 55.1 Å². The molecule has 2 rings (SSSR count). The van der Waals surface area contributed by atoms with E-state index < -0.39 is 5.82 Å². The highest BCUT2D eigenvalue weighted by atomic mass is 32.1. The molecule has 0 aliphatic rings. The molecule has 0 saturated heterocycles. The minimum atomic E-state index is -0.518. The van der Waals surface area contributed by atoms with Crippen LogP contribution in [0.4, 0.5) is 4.39 Å². The van der Waals surface area contributed by atoms with Gasteiger partial charge >= 0.3 is 0 Å². The van der Waals surface area contributed by atoms with Crippen molar-refractivity contribution in [2.45, 2.75) is 13.5 Å². The quantitative estimate of drug-likeness (QED) is 0.856. The summed E-state index contributed by atoms with van der Waals surface area (Å²) in [6.45, 7) is 2.61. The summed E-state index contributed by atoms with van der Waals surface area (Å²) in [6.07, 6.45) is 0. The summed E-state index contributed by atoms with van der Waals surface area (Å²) < 4.78 is 13.8. The molecule has 21 heavy (non-hydrogen) atoms. The number of rotatable bonds is 3. The number of carbonyl (C=O) groups excluding carboxylic acids is 1. The Morgan fingerprint density at radius 2 is 2.19 bits per heavy atom. The van der Waals surface area contributed by atoms with Crippen molar-refractivity contribution in [3.63, 3.8) is 0 Å². The fraction of sp³-hybridized carbons (Fsp3) is 0.188. The molecule has 3 nitrogen and oxygen atoms in total. The largest absolute Gasteiger partial charge is 0.347 e. The molecule has 1 aromatic heterocycles. The van der Waals surface area contributed by atoms with Gasteiger partial charge in [-0.25, -0.2) is 4.39 Å². The van der Waals surface area contributed by atoms with Gasteiger partial charge in [0.25, 0.3) is 5.91 Å². The first kappa shape index (κ1) is 15.2. The molecular weight excluding hydrogens is 287 g/mol. The SMILES string of the molecule is Cc1ccc(CNC(=O)c2ccc(C#CCN)c(F)c2)s1.